The zero-order chi connectivity index (χ0) is 23.3. The van der Waals surface area contributed by atoms with Crippen molar-refractivity contribution in [3.63, 3.8) is 0 Å². The molecule has 5 rings (SSSR count). The van der Waals surface area contributed by atoms with Crippen molar-refractivity contribution in [2.45, 2.75) is 45.7 Å². The maximum atomic E-state index is 13.6. The highest BCUT2D eigenvalue weighted by molar-refractivity contribution is 7.18. The van der Waals surface area contributed by atoms with E-state index in [2.05, 4.69) is 30.6 Å². The highest BCUT2D eigenvalue weighted by Gasteiger charge is 2.46. The molecule has 1 atom stereocenters. The van der Waals surface area contributed by atoms with Gasteiger partial charge < -0.3 is 15.5 Å². The molecule has 33 heavy (non-hydrogen) atoms. The standard InChI is InChI=1S/C22H24FN7O2S/c1-11(13-6-14(23)8-24-7-13)25-21-28-16(17-18(29-21)26-12(2)33-17)19(31)30-9-15(10-30)27-20(32)22(3)4-5-22/h6-8,11,15H,4-5,9-10H2,1-3H3,(H,27,32)(H,25,28,29). The fourth-order valence-electron chi connectivity index (χ4n) is 3.74. The molecule has 3 aromatic rings. The Hall–Kier alpha value is -3.21. The maximum absolute atomic E-state index is 13.6. The van der Waals surface area contributed by atoms with E-state index in [0.29, 0.717) is 29.0 Å². The van der Waals surface area contributed by atoms with Crippen LogP contribution in [0, 0.1) is 18.2 Å². The summed E-state index contributed by atoms with van der Waals surface area (Å²) >= 11 is 1.37. The molecule has 9 nitrogen and oxygen atoms in total. The maximum Gasteiger partial charge on any atom is 0.274 e. The summed E-state index contributed by atoms with van der Waals surface area (Å²) in [5, 5.41) is 6.93. The number of aromatic nitrogens is 4. The van der Waals surface area contributed by atoms with Gasteiger partial charge in [-0.3, -0.25) is 14.6 Å². The number of likely N-dealkylation sites (tertiary alicyclic amines) is 1. The molecule has 2 fully saturated rings. The molecule has 2 amide bonds. The van der Waals surface area contributed by atoms with Crippen molar-refractivity contribution in [3.8, 4) is 0 Å². The lowest BCUT2D eigenvalue weighted by molar-refractivity contribution is -0.127. The normalized spacial score (nSPS) is 18.0. The average molecular weight is 470 g/mol. The van der Waals surface area contributed by atoms with Crippen LogP contribution in [0.3, 0.4) is 0 Å². The predicted octanol–water partition coefficient (Wildman–Crippen LogP) is 2.84. The third-order valence-corrected chi connectivity index (χ3v) is 7.15. The lowest BCUT2D eigenvalue weighted by atomic mass is 10.0. The number of nitrogens with one attached hydrogen (secondary N) is 2. The second kappa shape index (κ2) is 7.98. The SMILES string of the molecule is Cc1nc2nc(NC(C)c3cncc(F)c3)nc(C(=O)N3CC(NC(=O)C4(C)CC4)C3)c2s1. The number of fused-ring (bicyclic) bond motifs is 1. The van der Waals surface area contributed by atoms with E-state index >= 15 is 0 Å². The number of carbonyl (C=O) groups excluding carboxylic acids is 2. The highest BCUT2D eigenvalue weighted by atomic mass is 32.1. The molecule has 1 aliphatic heterocycles. The number of halogens is 1. The Balaban J connectivity index is 1.34. The molecule has 3 aromatic heterocycles. The van der Waals surface area contributed by atoms with Gasteiger partial charge in [0.15, 0.2) is 11.3 Å². The Kier molecular flexibility index (Phi) is 5.23. The smallest absolute Gasteiger partial charge is 0.274 e. The summed E-state index contributed by atoms with van der Waals surface area (Å²) in [6.45, 7) is 6.53. The summed E-state index contributed by atoms with van der Waals surface area (Å²) in [5.74, 6) is -0.356. The molecule has 4 heterocycles. The quantitative estimate of drug-likeness (QED) is 0.571. The fourth-order valence-corrected chi connectivity index (χ4v) is 4.58. The number of aryl methyl sites for hydroxylation is 1. The van der Waals surface area contributed by atoms with Crippen LogP contribution in [0.25, 0.3) is 10.3 Å². The van der Waals surface area contributed by atoms with Gasteiger partial charge in [0.1, 0.15) is 10.5 Å². The van der Waals surface area contributed by atoms with Gasteiger partial charge in [0.2, 0.25) is 11.9 Å². The fraction of sp³-hybridized carbons (Fsp3) is 0.455. The number of rotatable bonds is 6. The van der Waals surface area contributed by atoms with Crippen LogP contribution in [-0.2, 0) is 4.79 Å². The van der Waals surface area contributed by atoms with Gasteiger partial charge in [-0.15, -0.1) is 11.3 Å². The first kappa shape index (κ1) is 21.6. The third-order valence-electron chi connectivity index (χ3n) is 6.19. The molecule has 0 radical (unpaired) electrons. The molecule has 2 aliphatic rings. The predicted molar refractivity (Wildman–Crippen MR) is 121 cm³/mol. The van der Waals surface area contributed by atoms with Crippen molar-refractivity contribution in [3.05, 3.63) is 40.5 Å². The Morgan fingerprint density at radius 1 is 1.24 bits per heavy atom. The first-order chi connectivity index (χ1) is 15.7. The van der Waals surface area contributed by atoms with Crippen molar-refractivity contribution < 1.29 is 14.0 Å². The zero-order valence-electron chi connectivity index (χ0n) is 18.6. The summed E-state index contributed by atoms with van der Waals surface area (Å²) in [7, 11) is 0. The van der Waals surface area contributed by atoms with Gasteiger partial charge in [-0.25, -0.2) is 14.4 Å². The first-order valence-electron chi connectivity index (χ1n) is 10.8. The van der Waals surface area contributed by atoms with Crippen LogP contribution in [-0.4, -0.2) is 55.8 Å². The number of nitrogens with zero attached hydrogens (tertiary/aromatic N) is 5. The molecule has 11 heteroatoms. The molecule has 0 bridgehead atoms. The summed E-state index contributed by atoms with van der Waals surface area (Å²) in [4.78, 5) is 44.4. The van der Waals surface area contributed by atoms with Crippen LogP contribution in [0.4, 0.5) is 10.3 Å². The van der Waals surface area contributed by atoms with Gasteiger partial charge in [-0.2, -0.15) is 4.98 Å². The van der Waals surface area contributed by atoms with Crippen molar-refractivity contribution in [2.24, 2.45) is 5.41 Å². The molecule has 1 saturated heterocycles. The van der Waals surface area contributed by atoms with E-state index in [9.17, 15) is 14.0 Å². The second-order valence-corrected chi connectivity index (χ2v) is 10.2. The topological polar surface area (TPSA) is 113 Å². The van der Waals surface area contributed by atoms with E-state index in [1.807, 2.05) is 20.8 Å². The molecule has 0 spiro atoms. The van der Waals surface area contributed by atoms with E-state index in [1.165, 1.54) is 17.4 Å². The molecule has 1 saturated carbocycles. The largest absolute Gasteiger partial charge is 0.349 e. The lowest BCUT2D eigenvalue weighted by Gasteiger charge is -2.39. The minimum Gasteiger partial charge on any atom is -0.349 e. The number of hydrogen-bond acceptors (Lipinski definition) is 8. The van der Waals surface area contributed by atoms with E-state index < -0.39 is 5.82 Å². The van der Waals surface area contributed by atoms with Gasteiger partial charge in [0, 0.05) is 24.7 Å². The summed E-state index contributed by atoms with van der Waals surface area (Å²) in [6.07, 6.45) is 4.53. The third kappa shape index (κ3) is 4.24. The average Bonchev–Trinajstić information content (AvgIpc) is 3.38. The van der Waals surface area contributed by atoms with Crippen LogP contribution in [0.2, 0.25) is 0 Å². The van der Waals surface area contributed by atoms with Gasteiger partial charge in [0.25, 0.3) is 5.91 Å². The number of amides is 2. The lowest BCUT2D eigenvalue weighted by Crippen LogP contribution is -2.61. The molecule has 2 N–H and O–H groups in total. The van der Waals surface area contributed by atoms with Crippen molar-refractivity contribution in [2.75, 3.05) is 18.4 Å². The van der Waals surface area contributed by atoms with Crippen LogP contribution >= 0.6 is 11.3 Å². The summed E-state index contributed by atoms with van der Waals surface area (Å²) in [6, 6.07) is 1.01. The Bertz CT molecular complexity index is 1250. The second-order valence-electron chi connectivity index (χ2n) is 9.03. The van der Waals surface area contributed by atoms with Crippen molar-refractivity contribution >= 4 is 39.4 Å². The molecular weight excluding hydrogens is 445 g/mol. The van der Waals surface area contributed by atoms with Gasteiger partial charge in [-0.05, 0) is 38.3 Å². The van der Waals surface area contributed by atoms with Crippen LogP contribution < -0.4 is 10.6 Å². The van der Waals surface area contributed by atoms with Gasteiger partial charge in [-0.1, -0.05) is 6.92 Å². The Labute approximate surface area is 193 Å². The summed E-state index contributed by atoms with van der Waals surface area (Å²) < 4.78 is 14.2. The van der Waals surface area contributed by atoms with Crippen molar-refractivity contribution in [1.29, 1.82) is 0 Å². The minimum atomic E-state index is -0.432. The molecule has 172 valence electrons. The number of anilines is 1. The van der Waals surface area contributed by atoms with Gasteiger partial charge >= 0.3 is 0 Å². The number of thiazole rings is 1. The number of carbonyl (C=O) groups is 2. The molecule has 1 aliphatic carbocycles. The minimum absolute atomic E-state index is 0.0440. The Morgan fingerprint density at radius 2 is 2.00 bits per heavy atom. The number of pyridine rings is 1. The van der Waals surface area contributed by atoms with Crippen LogP contribution in [0.5, 0.6) is 0 Å². The van der Waals surface area contributed by atoms with Crippen LogP contribution in [0.1, 0.15) is 53.8 Å². The van der Waals surface area contributed by atoms with E-state index in [0.717, 1.165) is 24.0 Å². The van der Waals surface area contributed by atoms with E-state index in [-0.39, 0.29) is 41.0 Å². The monoisotopic (exact) mass is 469 g/mol. The van der Waals surface area contributed by atoms with E-state index in [1.54, 1.807) is 11.1 Å². The van der Waals surface area contributed by atoms with Gasteiger partial charge in [0.05, 0.1) is 23.3 Å². The Morgan fingerprint density at radius 3 is 2.70 bits per heavy atom. The highest BCUT2D eigenvalue weighted by Crippen LogP contribution is 2.45. The molecule has 0 aromatic carbocycles. The van der Waals surface area contributed by atoms with E-state index in [4.69, 9.17) is 0 Å². The number of hydrogen-bond donors (Lipinski definition) is 2. The van der Waals surface area contributed by atoms with Crippen molar-refractivity contribution in [1.82, 2.24) is 30.2 Å². The zero-order valence-corrected chi connectivity index (χ0v) is 19.4. The molecule has 1 unspecified atom stereocenters. The molecular formula is C22H24FN7O2S. The summed E-state index contributed by atoms with van der Waals surface area (Å²) in [5.41, 5.74) is 1.11. The first-order valence-corrected chi connectivity index (χ1v) is 11.7. The van der Waals surface area contributed by atoms with Crippen LogP contribution in [0.15, 0.2) is 18.5 Å².